The highest BCUT2D eigenvalue weighted by molar-refractivity contribution is 4.47. The second-order valence-electron chi connectivity index (χ2n) is 5.99. The summed E-state index contributed by atoms with van der Waals surface area (Å²) in [6.45, 7) is 8.80. The van der Waals surface area contributed by atoms with E-state index in [9.17, 15) is 0 Å². The molecule has 2 nitrogen and oxygen atoms in total. The van der Waals surface area contributed by atoms with Gasteiger partial charge in [-0.25, -0.2) is 0 Å². The van der Waals surface area contributed by atoms with E-state index < -0.39 is 0 Å². The van der Waals surface area contributed by atoms with E-state index in [1.165, 1.54) is 75.5 Å². The van der Waals surface area contributed by atoms with Gasteiger partial charge in [-0.05, 0) is 38.5 Å². The van der Waals surface area contributed by atoms with Gasteiger partial charge in [-0.3, -0.25) is 0 Å². The van der Waals surface area contributed by atoms with Crippen molar-refractivity contribution >= 4 is 0 Å². The molecule has 0 saturated carbocycles. The van der Waals surface area contributed by atoms with Gasteiger partial charge in [0.2, 0.25) is 0 Å². The third-order valence-electron chi connectivity index (χ3n) is 3.96. The van der Waals surface area contributed by atoms with Gasteiger partial charge in [0.1, 0.15) is 0 Å². The van der Waals surface area contributed by atoms with Crippen LogP contribution in [0.4, 0.5) is 0 Å². The number of hydrogen-bond donors (Lipinski definition) is 1. The number of nitrogens with zero attached hydrogens (tertiary/aromatic N) is 1. The van der Waals surface area contributed by atoms with Gasteiger partial charge >= 0.3 is 0 Å². The summed E-state index contributed by atoms with van der Waals surface area (Å²) in [5.74, 6) is 0. The minimum Gasteiger partial charge on any atom is -1.00 e. The van der Waals surface area contributed by atoms with Crippen molar-refractivity contribution in [1.29, 1.82) is 0 Å². The highest BCUT2D eigenvalue weighted by Gasteiger charge is 2.19. The summed E-state index contributed by atoms with van der Waals surface area (Å²) in [5, 5.41) is 8.92. The van der Waals surface area contributed by atoms with Crippen LogP contribution >= 0.6 is 0 Å². The molecule has 1 unspecified atom stereocenters. The lowest BCUT2D eigenvalue weighted by molar-refractivity contribution is -0.910. The highest BCUT2D eigenvalue weighted by atomic mass is 35.5. The average Bonchev–Trinajstić information content (AvgIpc) is 2.36. The lowest BCUT2D eigenvalue weighted by Gasteiger charge is -2.35. The molecular formula is C16H36ClNO. The van der Waals surface area contributed by atoms with Crippen molar-refractivity contribution < 1.29 is 22.0 Å². The number of aliphatic hydroxyl groups excluding tert-OH is 1. The van der Waals surface area contributed by atoms with E-state index in [0.29, 0.717) is 6.61 Å². The second-order valence-corrected chi connectivity index (χ2v) is 5.99. The first kappa shape index (κ1) is 21.5. The molecule has 0 spiro atoms. The Hall–Kier alpha value is 0.210. The molecular weight excluding hydrogens is 258 g/mol. The van der Waals surface area contributed by atoms with Crippen LogP contribution in [0.1, 0.15) is 71.6 Å². The number of quaternary nitrogens is 1. The fraction of sp³-hybridized carbons (Fsp3) is 1.00. The molecule has 0 aromatic heterocycles. The van der Waals surface area contributed by atoms with Crippen molar-refractivity contribution in [2.24, 2.45) is 0 Å². The molecule has 0 heterocycles. The summed E-state index contributed by atoms with van der Waals surface area (Å²) in [7, 11) is 2.42. The summed E-state index contributed by atoms with van der Waals surface area (Å²) in [6.07, 6.45) is 11.6. The molecule has 3 heteroatoms. The molecule has 0 aromatic carbocycles. The fourth-order valence-electron chi connectivity index (χ4n) is 2.60. The van der Waals surface area contributed by atoms with Crippen LogP contribution in [-0.2, 0) is 0 Å². The molecule has 0 rings (SSSR count). The average molecular weight is 294 g/mol. The predicted molar refractivity (Wildman–Crippen MR) is 80.8 cm³/mol. The maximum Gasteiger partial charge on any atom is 0.0785 e. The fourth-order valence-corrected chi connectivity index (χ4v) is 2.60. The standard InChI is InChI=1S/C16H36NO.ClH/c1-4-6-8-10-14-17(3,13-9-7-5-2)15-11-12-16-18;/h18H,4-16H2,1-3H3;1H/q+1;/p-1. The Kier molecular flexibility index (Phi) is 16.5. The molecule has 0 aromatic rings. The van der Waals surface area contributed by atoms with Gasteiger partial charge < -0.3 is 22.0 Å². The molecule has 0 amide bonds. The summed E-state index contributed by atoms with van der Waals surface area (Å²) in [5.41, 5.74) is 0. The van der Waals surface area contributed by atoms with Crippen LogP contribution in [0.25, 0.3) is 0 Å². The van der Waals surface area contributed by atoms with Gasteiger partial charge in [-0.2, -0.15) is 0 Å². The Balaban J connectivity index is 0. The molecule has 0 radical (unpaired) electrons. The van der Waals surface area contributed by atoms with Crippen LogP contribution in [0.5, 0.6) is 0 Å². The maximum atomic E-state index is 8.92. The van der Waals surface area contributed by atoms with Gasteiger partial charge in [0.15, 0.2) is 0 Å². The Morgan fingerprint density at radius 3 is 1.58 bits per heavy atom. The van der Waals surface area contributed by atoms with E-state index in [2.05, 4.69) is 20.9 Å². The number of aliphatic hydroxyl groups is 1. The van der Waals surface area contributed by atoms with Crippen LogP contribution in [-0.4, -0.2) is 42.9 Å². The SMILES string of the molecule is CCCCCC[N+](C)(CCCCC)CCCCO.[Cl-]. The minimum atomic E-state index is 0. The van der Waals surface area contributed by atoms with Crippen LogP contribution in [0.15, 0.2) is 0 Å². The number of rotatable bonds is 13. The van der Waals surface area contributed by atoms with Crippen molar-refractivity contribution in [3.05, 3.63) is 0 Å². The van der Waals surface area contributed by atoms with E-state index in [1.807, 2.05) is 0 Å². The molecule has 0 aliphatic carbocycles. The molecule has 0 fully saturated rings. The van der Waals surface area contributed by atoms with Crippen molar-refractivity contribution in [1.82, 2.24) is 0 Å². The Morgan fingerprint density at radius 1 is 0.684 bits per heavy atom. The first-order chi connectivity index (χ1) is 8.68. The first-order valence-corrected chi connectivity index (χ1v) is 8.13. The van der Waals surface area contributed by atoms with Crippen LogP contribution in [0, 0.1) is 0 Å². The second kappa shape index (κ2) is 14.6. The topological polar surface area (TPSA) is 20.2 Å². The summed E-state index contributed by atoms with van der Waals surface area (Å²) >= 11 is 0. The van der Waals surface area contributed by atoms with Gasteiger partial charge in [0, 0.05) is 6.61 Å². The molecule has 19 heavy (non-hydrogen) atoms. The van der Waals surface area contributed by atoms with Crippen LogP contribution in [0.2, 0.25) is 0 Å². The zero-order valence-electron chi connectivity index (χ0n) is 13.5. The molecule has 118 valence electrons. The first-order valence-electron chi connectivity index (χ1n) is 8.13. The molecule has 0 aliphatic rings. The maximum absolute atomic E-state index is 8.92. The van der Waals surface area contributed by atoms with Crippen LogP contribution in [0.3, 0.4) is 0 Å². The lowest BCUT2D eigenvalue weighted by atomic mass is 10.1. The molecule has 0 bridgehead atoms. The van der Waals surface area contributed by atoms with E-state index in [0.717, 1.165) is 6.42 Å². The molecule has 1 atom stereocenters. The third kappa shape index (κ3) is 13.0. The summed E-state index contributed by atoms with van der Waals surface area (Å²) < 4.78 is 1.23. The molecule has 0 aliphatic heterocycles. The summed E-state index contributed by atoms with van der Waals surface area (Å²) in [4.78, 5) is 0. The number of unbranched alkanes of at least 4 members (excludes halogenated alkanes) is 6. The number of hydrogen-bond acceptors (Lipinski definition) is 1. The minimum absolute atomic E-state index is 0. The predicted octanol–water partition coefficient (Wildman–Crippen LogP) is 0.980. The van der Waals surface area contributed by atoms with Crippen molar-refractivity contribution in [2.45, 2.75) is 71.6 Å². The van der Waals surface area contributed by atoms with Gasteiger partial charge in [0.25, 0.3) is 0 Å². The van der Waals surface area contributed by atoms with Crippen LogP contribution < -0.4 is 12.4 Å². The highest BCUT2D eigenvalue weighted by Crippen LogP contribution is 2.13. The molecule has 0 saturated heterocycles. The zero-order valence-corrected chi connectivity index (χ0v) is 14.2. The third-order valence-corrected chi connectivity index (χ3v) is 3.96. The normalized spacial score (nSPS) is 13.9. The van der Waals surface area contributed by atoms with E-state index in [-0.39, 0.29) is 12.4 Å². The Morgan fingerprint density at radius 2 is 1.11 bits per heavy atom. The van der Waals surface area contributed by atoms with E-state index >= 15 is 0 Å². The zero-order chi connectivity index (χ0) is 13.7. The van der Waals surface area contributed by atoms with E-state index in [1.54, 1.807) is 0 Å². The van der Waals surface area contributed by atoms with Crippen molar-refractivity contribution in [3.8, 4) is 0 Å². The number of halogens is 1. The van der Waals surface area contributed by atoms with Crippen molar-refractivity contribution in [2.75, 3.05) is 33.3 Å². The Labute approximate surface area is 127 Å². The monoisotopic (exact) mass is 293 g/mol. The Bertz CT molecular complexity index is 166. The lowest BCUT2D eigenvalue weighted by Crippen LogP contribution is -3.00. The quantitative estimate of drug-likeness (QED) is 0.396. The van der Waals surface area contributed by atoms with Gasteiger partial charge in [-0.15, -0.1) is 0 Å². The van der Waals surface area contributed by atoms with Gasteiger partial charge in [0.05, 0.1) is 26.7 Å². The smallest absolute Gasteiger partial charge is 0.0785 e. The van der Waals surface area contributed by atoms with Gasteiger partial charge in [-0.1, -0.05) is 33.1 Å². The van der Waals surface area contributed by atoms with E-state index in [4.69, 9.17) is 5.11 Å². The molecule has 1 N–H and O–H groups in total. The largest absolute Gasteiger partial charge is 1.00 e. The van der Waals surface area contributed by atoms with Crippen molar-refractivity contribution in [3.63, 3.8) is 0 Å². The summed E-state index contributed by atoms with van der Waals surface area (Å²) in [6, 6.07) is 0.